The lowest BCUT2D eigenvalue weighted by molar-refractivity contribution is -0.114. The van der Waals surface area contributed by atoms with Crippen LogP contribution in [-0.2, 0) is 11.3 Å². The van der Waals surface area contributed by atoms with Gasteiger partial charge in [0.1, 0.15) is 0 Å². The summed E-state index contributed by atoms with van der Waals surface area (Å²) in [7, 11) is 0. The highest BCUT2D eigenvalue weighted by molar-refractivity contribution is 7.14. The minimum Gasteiger partial charge on any atom is -0.398 e. The number of nitrogens with two attached hydrogens (primary N) is 1. The average Bonchev–Trinajstić information content (AvgIpc) is 2.77. The largest absolute Gasteiger partial charge is 0.398 e. The second-order valence-corrected chi connectivity index (χ2v) is 5.94. The summed E-state index contributed by atoms with van der Waals surface area (Å²) in [5.74, 6) is -0.243. The van der Waals surface area contributed by atoms with Crippen LogP contribution >= 0.6 is 11.3 Å². The molecule has 0 saturated heterocycles. The summed E-state index contributed by atoms with van der Waals surface area (Å²) < 4.78 is 0. The molecule has 0 saturated carbocycles. The minimum absolute atomic E-state index is 0.110. The quantitative estimate of drug-likeness (QED) is 0.811. The number of nitrogen functional groups attached to an aromatic ring is 1. The smallest absolute Gasteiger partial charge is 0.261 e. The highest BCUT2D eigenvalue weighted by atomic mass is 32.1. The van der Waals surface area contributed by atoms with Crippen molar-refractivity contribution in [2.24, 2.45) is 0 Å². The van der Waals surface area contributed by atoms with Gasteiger partial charge >= 0.3 is 0 Å². The Morgan fingerprint density at radius 3 is 2.43 bits per heavy atom. The van der Waals surface area contributed by atoms with E-state index in [-0.39, 0.29) is 11.8 Å². The van der Waals surface area contributed by atoms with Gasteiger partial charge in [-0.05, 0) is 30.7 Å². The number of rotatable bonds is 4. The third-order valence-electron chi connectivity index (χ3n) is 2.91. The normalized spacial score (nSPS) is 10.2. The fourth-order valence-corrected chi connectivity index (χ4v) is 2.64. The molecule has 2 rings (SSSR count). The van der Waals surface area contributed by atoms with Crippen molar-refractivity contribution in [2.75, 3.05) is 11.1 Å². The maximum atomic E-state index is 12.0. The van der Waals surface area contributed by atoms with E-state index in [1.807, 2.05) is 19.1 Å². The number of thiophene rings is 1. The first-order chi connectivity index (χ1) is 9.95. The zero-order valence-electron chi connectivity index (χ0n) is 11.9. The van der Waals surface area contributed by atoms with Gasteiger partial charge in [0.25, 0.3) is 5.91 Å². The molecule has 6 heteroatoms. The molecule has 0 spiro atoms. The molecule has 0 aliphatic heterocycles. The molecular weight excluding hydrogens is 286 g/mol. The van der Waals surface area contributed by atoms with Gasteiger partial charge in [-0.1, -0.05) is 12.1 Å². The molecule has 1 heterocycles. The van der Waals surface area contributed by atoms with Crippen LogP contribution in [0.1, 0.15) is 27.0 Å². The van der Waals surface area contributed by atoms with E-state index in [1.165, 1.54) is 18.3 Å². The molecule has 4 N–H and O–H groups in total. The molecule has 2 amide bonds. The monoisotopic (exact) mass is 303 g/mol. The summed E-state index contributed by atoms with van der Waals surface area (Å²) in [5, 5.41) is 5.54. The first-order valence-corrected chi connectivity index (χ1v) is 7.28. The van der Waals surface area contributed by atoms with Crippen molar-refractivity contribution in [3.63, 3.8) is 0 Å². The van der Waals surface area contributed by atoms with Gasteiger partial charge in [0, 0.05) is 29.7 Å². The fraction of sp³-hybridized carbons (Fsp3) is 0.200. The molecule has 0 radical (unpaired) electrons. The number of carbonyl (C=O) groups is 2. The van der Waals surface area contributed by atoms with Gasteiger partial charge in [0.05, 0.1) is 4.88 Å². The van der Waals surface area contributed by atoms with E-state index in [1.54, 1.807) is 18.2 Å². The highest BCUT2D eigenvalue weighted by Gasteiger charge is 2.10. The number of hydrogen-bond acceptors (Lipinski definition) is 4. The maximum Gasteiger partial charge on any atom is 0.261 e. The predicted molar refractivity (Wildman–Crippen MR) is 85.4 cm³/mol. The Morgan fingerprint density at radius 2 is 1.90 bits per heavy atom. The maximum absolute atomic E-state index is 12.0. The molecule has 0 unspecified atom stereocenters. The van der Waals surface area contributed by atoms with E-state index < -0.39 is 0 Å². The second-order valence-electron chi connectivity index (χ2n) is 4.68. The lowest BCUT2D eigenvalue weighted by Gasteiger charge is -2.06. The molecule has 110 valence electrons. The Kier molecular flexibility index (Phi) is 4.59. The number of amides is 2. The van der Waals surface area contributed by atoms with Gasteiger partial charge in [0.2, 0.25) is 5.91 Å². The summed E-state index contributed by atoms with van der Waals surface area (Å²) in [4.78, 5) is 24.5. The summed E-state index contributed by atoms with van der Waals surface area (Å²) in [6.45, 7) is 3.77. The number of nitrogens with one attached hydrogen (secondary N) is 2. The fourth-order valence-electron chi connectivity index (χ4n) is 1.79. The van der Waals surface area contributed by atoms with Crippen molar-refractivity contribution in [2.45, 2.75) is 20.4 Å². The average molecular weight is 303 g/mol. The molecule has 1 aromatic carbocycles. The van der Waals surface area contributed by atoms with E-state index in [9.17, 15) is 9.59 Å². The molecule has 2 aromatic rings. The van der Waals surface area contributed by atoms with Crippen molar-refractivity contribution in [3.05, 3.63) is 45.6 Å². The summed E-state index contributed by atoms with van der Waals surface area (Å²) in [6.07, 6.45) is 0. The number of hydrogen-bond donors (Lipinski definition) is 3. The van der Waals surface area contributed by atoms with Crippen molar-refractivity contribution in [3.8, 4) is 0 Å². The molecule has 5 nitrogen and oxygen atoms in total. The summed E-state index contributed by atoms with van der Waals surface area (Å²) in [6, 6.07) is 9.01. The lowest BCUT2D eigenvalue weighted by atomic mass is 10.2. The first kappa shape index (κ1) is 15.1. The molecule has 0 atom stereocenters. The van der Waals surface area contributed by atoms with Crippen LogP contribution in [0.15, 0.2) is 30.3 Å². The Hall–Kier alpha value is -2.34. The van der Waals surface area contributed by atoms with Gasteiger partial charge in [-0.15, -0.1) is 11.3 Å². The van der Waals surface area contributed by atoms with Crippen molar-refractivity contribution in [1.82, 2.24) is 5.32 Å². The zero-order valence-corrected chi connectivity index (χ0v) is 12.7. The molecular formula is C15H17N3O2S. The highest BCUT2D eigenvalue weighted by Crippen LogP contribution is 2.23. The van der Waals surface area contributed by atoms with Crippen LogP contribution in [0.2, 0.25) is 0 Å². The molecule has 0 bridgehead atoms. The van der Waals surface area contributed by atoms with E-state index in [2.05, 4.69) is 10.6 Å². The van der Waals surface area contributed by atoms with Crippen LogP contribution in [0, 0.1) is 6.92 Å². The molecule has 0 aliphatic rings. The van der Waals surface area contributed by atoms with E-state index >= 15 is 0 Å². The van der Waals surface area contributed by atoms with Crippen LogP contribution in [0.3, 0.4) is 0 Å². The van der Waals surface area contributed by atoms with Crippen LogP contribution in [0.25, 0.3) is 0 Å². The number of aryl methyl sites for hydroxylation is 1. The molecule has 0 aliphatic carbocycles. The second kappa shape index (κ2) is 6.41. The molecule has 0 fully saturated rings. The lowest BCUT2D eigenvalue weighted by Crippen LogP contribution is -2.21. The van der Waals surface area contributed by atoms with Crippen molar-refractivity contribution < 1.29 is 9.59 Å². The third kappa shape index (κ3) is 4.06. The standard InChI is InChI=1S/C15H17N3O2S/c1-9-13(16)7-14(21-9)15(20)17-8-11-3-5-12(6-4-11)18-10(2)19/h3-7H,8,16H2,1-2H3,(H,17,20)(H,18,19). The Morgan fingerprint density at radius 1 is 1.24 bits per heavy atom. The zero-order chi connectivity index (χ0) is 15.4. The van der Waals surface area contributed by atoms with Gasteiger partial charge < -0.3 is 16.4 Å². The number of benzene rings is 1. The SMILES string of the molecule is CC(=O)Nc1ccc(CNC(=O)c2cc(N)c(C)s2)cc1. The predicted octanol–water partition coefficient (Wildman–Crippen LogP) is 2.53. The first-order valence-electron chi connectivity index (χ1n) is 6.46. The van der Waals surface area contributed by atoms with Gasteiger partial charge in [-0.3, -0.25) is 9.59 Å². The topological polar surface area (TPSA) is 84.2 Å². The van der Waals surface area contributed by atoms with Crippen LogP contribution in [-0.4, -0.2) is 11.8 Å². The van der Waals surface area contributed by atoms with Crippen molar-refractivity contribution >= 4 is 34.5 Å². The van der Waals surface area contributed by atoms with Gasteiger partial charge in [-0.2, -0.15) is 0 Å². The van der Waals surface area contributed by atoms with Gasteiger partial charge in [0.15, 0.2) is 0 Å². The van der Waals surface area contributed by atoms with E-state index in [0.29, 0.717) is 17.1 Å². The summed E-state index contributed by atoms with van der Waals surface area (Å²) >= 11 is 1.38. The van der Waals surface area contributed by atoms with Crippen LogP contribution in [0.5, 0.6) is 0 Å². The number of anilines is 2. The minimum atomic E-state index is -0.134. The Balaban J connectivity index is 1.93. The van der Waals surface area contributed by atoms with E-state index in [0.717, 1.165) is 16.1 Å². The van der Waals surface area contributed by atoms with Gasteiger partial charge in [-0.25, -0.2) is 0 Å². The summed E-state index contributed by atoms with van der Waals surface area (Å²) in [5.41, 5.74) is 8.07. The van der Waals surface area contributed by atoms with Crippen LogP contribution < -0.4 is 16.4 Å². The Bertz CT molecular complexity index is 643. The third-order valence-corrected chi connectivity index (χ3v) is 3.97. The van der Waals surface area contributed by atoms with Crippen LogP contribution in [0.4, 0.5) is 11.4 Å². The number of carbonyl (C=O) groups excluding carboxylic acids is 2. The molecule has 21 heavy (non-hydrogen) atoms. The van der Waals surface area contributed by atoms with E-state index in [4.69, 9.17) is 5.73 Å². The van der Waals surface area contributed by atoms with Crippen molar-refractivity contribution in [1.29, 1.82) is 0 Å². The molecule has 1 aromatic heterocycles. The Labute approximate surface area is 127 Å².